The van der Waals surface area contributed by atoms with Gasteiger partial charge in [0.1, 0.15) is 11.7 Å². The first-order valence-corrected chi connectivity index (χ1v) is 9.46. The van der Waals surface area contributed by atoms with Gasteiger partial charge in [0.05, 0.1) is 0 Å². The molecule has 0 aromatic carbocycles. The summed E-state index contributed by atoms with van der Waals surface area (Å²) in [6, 6.07) is 0.415. The van der Waals surface area contributed by atoms with E-state index in [1.807, 2.05) is 34.6 Å². The van der Waals surface area contributed by atoms with Gasteiger partial charge >= 0.3 is 6.09 Å². The Labute approximate surface area is 152 Å². The Morgan fingerprint density at radius 1 is 1.20 bits per heavy atom. The van der Waals surface area contributed by atoms with E-state index in [-0.39, 0.29) is 23.9 Å². The lowest BCUT2D eigenvalue weighted by Crippen LogP contribution is -2.42. The van der Waals surface area contributed by atoms with Gasteiger partial charge < -0.3 is 19.7 Å². The van der Waals surface area contributed by atoms with E-state index < -0.39 is 5.60 Å². The van der Waals surface area contributed by atoms with E-state index in [1.54, 1.807) is 11.9 Å². The molecular weight excluding hydrogens is 320 g/mol. The molecule has 0 aliphatic heterocycles. The van der Waals surface area contributed by atoms with E-state index in [9.17, 15) is 9.59 Å². The molecule has 0 aromatic heterocycles. The van der Waals surface area contributed by atoms with Crippen molar-refractivity contribution in [2.75, 3.05) is 26.7 Å². The summed E-state index contributed by atoms with van der Waals surface area (Å²) in [4.78, 5) is 25.8. The molecule has 1 fully saturated rings. The van der Waals surface area contributed by atoms with Crippen molar-refractivity contribution in [1.82, 2.24) is 10.2 Å². The third kappa shape index (κ3) is 8.19. The summed E-state index contributed by atoms with van der Waals surface area (Å²) in [5.41, 5.74) is -0.470. The van der Waals surface area contributed by atoms with Crippen LogP contribution in [0.3, 0.4) is 0 Å². The topological polar surface area (TPSA) is 67.9 Å². The van der Waals surface area contributed by atoms with Gasteiger partial charge in [0, 0.05) is 38.7 Å². The van der Waals surface area contributed by atoms with Crippen LogP contribution < -0.4 is 5.32 Å². The molecule has 0 unspecified atom stereocenters. The Morgan fingerprint density at radius 3 is 2.32 bits per heavy atom. The number of nitrogens with zero attached hydrogens (tertiary/aromatic N) is 1. The number of ketones is 1. The highest BCUT2D eigenvalue weighted by molar-refractivity contribution is 5.85. The van der Waals surface area contributed by atoms with Gasteiger partial charge in [-0.25, -0.2) is 4.79 Å². The van der Waals surface area contributed by atoms with E-state index in [0.717, 1.165) is 32.2 Å². The molecule has 0 aromatic rings. The van der Waals surface area contributed by atoms with Crippen LogP contribution in [-0.2, 0) is 14.3 Å². The quantitative estimate of drug-likeness (QED) is 0.724. The first-order chi connectivity index (χ1) is 11.6. The molecule has 6 nitrogen and oxygen atoms in total. The van der Waals surface area contributed by atoms with Crippen molar-refractivity contribution in [3.63, 3.8) is 0 Å². The van der Waals surface area contributed by atoms with Crippen LogP contribution in [-0.4, -0.2) is 61.3 Å². The molecule has 1 atom stereocenters. The molecule has 25 heavy (non-hydrogen) atoms. The van der Waals surface area contributed by atoms with Crippen LogP contribution in [0.2, 0.25) is 0 Å². The highest BCUT2D eigenvalue weighted by Crippen LogP contribution is 2.26. The second-order valence-electron chi connectivity index (χ2n) is 7.90. The van der Waals surface area contributed by atoms with E-state index >= 15 is 0 Å². The fourth-order valence-electron chi connectivity index (χ4n) is 3.11. The lowest BCUT2D eigenvalue weighted by atomic mass is 9.82. The highest BCUT2D eigenvalue weighted by Gasteiger charge is 2.29. The third-order valence-corrected chi connectivity index (χ3v) is 4.53. The largest absolute Gasteiger partial charge is 0.444 e. The maximum absolute atomic E-state index is 12.3. The standard InChI is InChI=1S/C19H36N2O4/c1-7-24-14(2)17(22)15-8-10-16(11-9-15)20-12-13-21(6)18(23)25-19(3,4)5/h14-16,20H,7-13H2,1-6H3/t14-,15?,16?/m1/s1. The molecule has 1 aliphatic rings. The molecular formula is C19H36N2O4. The lowest BCUT2D eigenvalue weighted by Gasteiger charge is -2.30. The zero-order chi connectivity index (χ0) is 19.0. The van der Waals surface area contributed by atoms with Crippen molar-refractivity contribution in [2.45, 2.75) is 78.0 Å². The van der Waals surface area contributed by atoms with Gasteiger partial charge in [0.15, 0.2) is 5.78 Å². The van der Waals surface area contributed by atoms with Crippen LogP contribution in [0.25, 0.3) is 0 Å². The third-order valence-electron chi connectivity index (χ3n) is 4.53. The number of nitrogens with one attached hydrogen (secondary N) is 1. The van der Waals surface area contributed by atoms with Gasteiger partial charge in [-0.1, -0.05) is 0 Å². The Hall–Kier alpha value is -1.14. The smallest absolute Gasteiger partial charge is 0.410 e. The van der Waals surface area contributed by atoms with Gasteiger partial charge in [0.2, 0.25) is 0 Å². The molecule has 1 amide bonds. The van der Waals surface area contributed by atoms with Crippen molar-refractivity contribution in [3.8, 4) is 0 Å². The summed E-state index contributed by atoms with van der Waals surface area (Å²) < 4.78 is 10.8. The van der Waals surface area contributed by atoms with Gasteiger partial charge in [-0.3, -0.25) is 4.79 Å². The number of hydrogen-bond donors (Lipinski definition) is 1. The minimum Gasteiger partial charge on any atom is -0.444 e. The molecule has 6 heteroatoms. The van der Waals surface area contributed by atoms with Crippen LogP contribution >= 0.6 is 0 Å². The van der Waals surface area contributed by atoms with E-state index in [1.165, 1.54) is 0 Å². The second kappa shape index (κ2) is 10.1. The van der Waals surface area contributed by atoms with Crippen molar-refractivity contribution < 1.29 is 19.1 Å². The average molecular weight is 357 g/mol. The number of rotatable bonds is 8. The molecule has 0 radical (unpaired) electrons. The lowest BCUT2D eigenvalue weighted by molar-refractivity contribution is -0.134. The van der Waals surface area contributed by atoms with Crippen molar-refractivity contribution in [1.29, 1.82) is 0 Å². The predicted octanol–water partition coefficient (Wildman–Crippen LogP) is 3.00. The molecule has 0 saturated heterocycles. The zero-order valence-electron chi connectivity index (χ0n) is 16.8. The first-order valence-electron chi connectivity index (χ1n) is 9.46. The van der Waals surface area contributed by atoms with E-state index in [4.69, 9.17) is 9.47 Å². The van der Waals surface area contributed by atoms with Crippen molar-refractivity contribution >= 4 is 11.9 Å². The monoisotopic (exact) mass is 356 g/mol. The Balaban J connectivity index is 2.24. The Kier molecular flexibility index (Phi) is 8.86. The molecule has 1 rings (SSSR count). The van der Waals surface area contributed by atoms with Crippen LogP contribution in [0.1, 0.15) is 60.3 Å². The minimum atomic E-state index is -0.470. The molecule has 0 spiro atoms. The summed E-state index contributed by atoms with van der Waals surface area (Å²) in [5, 5.41) is 3.49. The number of likely N-dealkylation sites (N-methyl/N-ethyl adjacent to an activating group) is 1. The van der Waals surface area contributed by atoms with E-state index in [2.05, 4.69) is 5.32 Å². The van der Waals surface area contributed by atoms with Crippen LogP contribution in [0.4, 0.5) is 4.79 Å². The van der Waals surface area contributed by atoms with Crippen molar-refractivity contribution in [3.05, 3.63) is 0 Å². The fourth-order valence-corrected chi connectivity index (χ4v) is 3.11. The number of carbonyl (C=O) groups is 2. The first kappa shape index (κ1) is 21.9. The number of amides is 1. The van der Waals surface area contributed by atoms with Gasteiger partial charge in [0.25, 0.3) is 0 Å². The number of Topliss-reactive ketones (excluding diaryl/α,β-unsaturated/α-hetero) is 1. The minimum absolute atomic E-state index is 0.129. The molecule has 0 heterocycles. The SMILES string of the molecule is CCO[C@H](C)C(=O)C1CCC(NCCN(C)C(=O)OC(C)(C)C)CC1. The van der Waals surface area contributed by atoms with Crippen LogP contribution in [0.15, 0.2) is 0 Å². The summed E-state index contributed by atoms with van der Waals surface area (Å²) in [7, 11) is 1.75. The van der Waals surface area contributed by atoms with E-state index in [0.29, 0.717) is 19.2 Å². The maximum Gasteiger partial charge on any atom is 0.410 e. The second-order valence-corrected chi connectivity index (χ2v) is 7.90. The highest BCUT2D eigenvalue weighted by atomic mass is 16.6. The maximum atomic E-state index is 12.3. The molecule has 1 N–H and O–H groups in total. The van der Waals surface area contributed by atoms with Crippen molar-refractivity contribution in [2.24, 2.45) is 5.92 Å². The Bertz CT molecular complexity index is 426. The van der Waals surface area contributed by atoms with Gasteiger partial charge in [-0.2, -0.15) is 0 Å². The summed E-state index contributed by atoms with van der Waals surface area (Å²) >= 11 is 0. The molecule has 146 valence electrons. The average Bonchev–Trinajstić information content (AvgIpc) is 2.53. The molecule has 1 saturated carbocycles. The fraction of sp³-hybridized carbons (Fsp3) is 0.895. The van der Waals surface area contributed by atoms with Gasteiger partial charge in [-0.15, -0.1) is 0 Å². The van der Waals surface area contributed by atoms with Crippen LogP contribution in [0, 0.1) is 5.92 Å². The number of carbonyl (C=O) groups excluding carboxylic acids is 2. The molecule has 0 bridgehead atoms. The normalized spacial score (nSPS) is 22.3. The summed E-state index contributed by atoms with van der Waals surface area (Å²) in [6.07, 6.45) is 3.22. The van der Waals surface area contributed by atoms with Gasteiger partial charge in [-0.05, 0) is 60.3 Å². The predicted molar refractivity (Wildman–Crippen MR) is 98.7 cm³/mol. The van der Waals surface area contributed by atoms with Crippen LogP contribution in [0.5, 0.6) is 0 Å². The number of hydrogen-bond acceptors (Lipinski definition) is 5. The number of ether oxygens (including phenoxy) is 2. The summed E-state index contributed by atoms with van der Waals surface area (Å²) in [5.74, 6) is 0.369. The summed E-state index contributed by atoms with van der Waals surface area (Å²) in [6.45, 7) is 11.3. The Morgan fingerprint density at radius 2 is 1.80 bits per heavy atom. The molecule has 1 aliphatic carbocycles. The zero-order valence-corrected chi connectivity index (χ0v) is 16.8.